The molecule has 3 N–H and O–H groups in total. The summed E-state index contributed by atoms with van der Waals surface area (Å²) >= 11 is 0. The molecule has 1 unspecified atom stereocenters. The largest absolute Gasteiger partial charge is 0.416 e. The van der Waals surface area contributed by atoms with Crippen LogP contribution in [-0.2, 0) is 6.18 Å². The first kappa shape index (κ1) is 17.8. The number of halogens is 3. The van der Waals surface area contributed by atoms with Gasteiger partial charge in [-0.15, -0.1) is 0 Å². The third-order valence-electron chi connectivity index (χ3n) is 3.36. The highest BCUT2D eigenvalue weighted by Crippen LogP contribution is 2.29. The molecular formula is C17H17F3N2O2. The number of aliphatic hydroxyl groups excluding tert-OH is 1. The van der Waals surface area contributed by atoms with Crippen LogP contribution in [0.3, 0.4) is 0 Å². The fourth-order valence-electron chi connectivity index (χ4n) is 2.08. The van der Waals surface area contributed by atoms with E-state index in [1.165, 1.54) is 12.1 Å². The van der Waals surface area contributed by atoms with E-state index in [1.807, 2.05) is 18.2 Å². The van der Waals surface area contributed by atoms with Gasteiger partial charge < -0.3 is 15.7 Å². The molecule has 2 amide bonds. The fourth-order valence-corrected chi connectivity index (χ4v) is 2.08. The normalized spacial score (nSPS) is 12.5. The summed E-state index contributed by atoms with van der Waals surface area (Å²) in [7, 11) is 0. The minimum atomic E-state index is -4.41. The van der Waals surface area contributed by atoms with E-state index in [9.17, 15) is 23.1 Å². The lowest BCUT2D eigenvalue weighted by Crippen LogP contribution is -2.30. The number of hydrogen-bond acceptors (Lipinski definition) is 2. The van der Waals surface area contributed by atoms with Crippen LogP contribution in [0.4, 0.5) is 23.7 Å². The Morgan fingerprint density at radius 3 is 2.25 bits per heavy atom. The van der Waals surface area contributed by atoms with Gasteiger partial charge >= 0.3 is 12.2 Å². The molecule has 0 fully saturated rings. The summed E-state index contributed by atoms with van der Waals surface area (Å²) in [5, 5.41) is 14.9. The second kappa shape index (κ2) is 7.83. The number of anilines is 1. The molecule has 0 aliphatic carbocycles. The van der Waals surface area contributed by atoms with E-state index < -0.39 is 23.9 Å². The van der Waals surface area contributed by atoms with Crippen molar-refractivity contribution in [3.05, 3.63) is 65.7 Å². The Hall–Kier alpha value is -2.54. The SMILES string of the molecule is O=C(NCCC(O)c1ccccc1)Nc1ccc(C(F)(F)F)cc1. The van der Waals surface area contributed by atoms with Crippen LogP contribution in [0.15, 0.2) is 54.6 Å². The molecule has 4 nitrogen and oxygen atoms in total. The minimum absolute atomic E-state index is 0.225. The number of carbonyl (C=O) groups excluding carboxylic acids is 1. The number of benzene rings is 2. The predicted molar refractivity (Wildman–Crippen MR) is 84.5 cm³/mol. The maximum atomic E-state index is 12.4. The van der Waals surface area contributed by atoms with E-state index in [-0.39, 0.29) is 12.2 Å². The van der Waals surface area contributed by atoms with Gasteiger partial charge in [0, 0.05) is 12.2 Å². The molecule has 128 valence electrons. The van der Waals surface area contributed by atoms with Crippen molar-refractivity contribution in [1.82, 2.24) is 5.32 Å². The minimum Gasteiger partial charge on any atom is -0.388 e. The summed E-state index contributed by atoms with van der Waals surface area (Å²) in [4.78, 5) is 11.7. The molecule has 0 aliphatic rings. The summed E-state index contributed by atoms with van der Waals surface area (Å²) in [5.74, 6) is 0. The average Bonchev–Trinajstić information content (AvgIpc) is 2.55. The van der Waals surface area contributed by atoms with Crippen LogP contribution in [0.2, 0.25) is 0 Å². The summed E-state index contributed by atoms with van der Waals surface area (Å²) < 4.78 is 37.3. The maximum Gasteiger partial charge on any atom is 0.416 e. The first-order valence-electron chi connectivity index (χ1n) is 7.31. The van der Waals surface area contributed by atoms with Crippen molar-refractivity contribution in [3.63, 3.8) is 0 Å². The van der Waals surface area contributed by atoms with Crippen molar-refractivity contribution >= 4 is 11.7 Å². The number of urea groups is 1. The molecule has 0 saturated heterocycles. The lowest BCUT2D eigenvalue weighted by Gasteiger charge is -2.12. The molecule has 7 heteroatoms. The van der Waals surface area contributed by atoms with Gasteiger partial charge in [0.25, 0.3) is 0 Å². The Labute approximate surface area is 137 Å². The number of aliphatic hydroxyl groups is 1. The molecule has 0 aliphatic heterocycles. The van der Waals surface area contributed by atoms with E-state index in [0.717, 1.165) is 17.7 Å². The standard InChI is InChI=1S/C17H17F3N2O2/c18-17(19,20)13-6-8-14(9-7-13)22-16(24)21-11-10-15(23)12-4-2-1-3-5-12/h1-9,15,23H,10-11H2,(H2,21,22,24). The van der Waals surface area contributed by atoms with Gasteiger partial charge in [0.05, 0.1) is 11.7 Å². The number of nitrogens with one attached hydrogen (secondary N) is 2. The van der Waals surface area contributed by atoms with Crippen LogP contribution in [0.25, 0.3) is 0 Å². The molecule has 0 saturated carbocycles. The van der Waals surface area contributed by atoms with Gasteiger partial charge in [-0.25, -0.2) is 4.79 Å². The zero-order valence-corrected chi connectivity index (χ0v) is 12.7. The van der Waals surface area contributed by atoms with E-state index in [1.54, 1.807) is 12.1 Å². The average molecular weight is 338 g/mol. The molecule has 2 aromatic carbocycles. The lowest BCUT2D eigenvalue weighted by atomic mass is 10.1. The quantitative estimate of drug-likeness (QED) is 0.773. The zero-order valence-electron chi connectivity index (χ0n) is 12.7. The molecule has 1 atom stereocenters. The summed E-state index contributed by atoms with van der Waals surface area (Å²) in [5.41, 5.74) is 0.228. The molecular weight excluding hydrogens is 321 g/mol. The fraction of sp³-hybridized carbons (Fsp3) is 0.235. The summed E-state index contributed by atoms with van der Waals surface area (Å²) in [6.07, 6.45) is -4.78. The number of carbonyl (C=O) groups is 1. The van der Waals surface area contributed by atoms with Crippen LogP contribution in [-0.4, -0.2) is 17.7 Å². The molecule has 24 heavy (non-hydrogen) atoms. The van der Waals surface area contributed by atoms with Gasteiger partial charge in [-0.2, -0.15) is 13.2 Å². The van der Waals surface area contributed by atoms with Crippen LogP contribution in [0, 0.1) is 0 Å². The zero-order chi connectivity index (χ0) is 17.6. The second-order valence-electron chi connectivity index (χ2n) is 5.17. The van der Waals surface area contributed by atoms with Gasteiger partial charge in [-0.3, -0.25) is 0 Å². The number of hydrogen-bond donors (Lipinski definition) is 3. The Balaban J connectivity index is 1.77. The van der Waals surface area contributed by atoms with Gasteiger partial charge in [0.1, 0.15) is 0 Å². The van der Waals surface area contributed by atoms with E-state index >= 15 is 0 Å². The molecule has 0 aromatic heterocycles. The Morgan fingerprint density at radius 2 is 1.67 bits per heavy atom. The number of rotatable bonds is 5. The highest BCUT2D eigenvalue weighted by atomic mass is 19.4. The number of alkyl halides is 3. The summed E-state index contributed by atoms with van der Waals surface area (Å²) in [6.45, 7) is 0.225. The van der Waals surface area contributed by atoms with Crippen molar-refractivity contribution in [1.29, 1.82) is 0 Å². The molecule has 0 spiro atoms. The number of amides is 2. The topological polar surface area (TPSA) is 61.4 Å². The van der Waals surface area contributed by atoms with Gasteiger partial charge in [-0.1, -0.05) is 30.3 Å². The van der Waals surface area contributed by atoms with Crippen LogP contribution >= 0.6 is 0 Å². The third-order valence-corrected chi connectivity index (χ3v) is 3.36. The molecule has 2 rings (SSSR count). The highest BCUT2D eigenvalue weighted by molar-refractivity contribution is 5.89. The van der Waals surface area contributed by atoms with Crippen LogP contribution < -0.4 is 10.6 Å². The summed E-state index contributed by atoms with van der Waals surface area (Å²) in [6, 6.07) is 12.6. The first-order chi connectivity index (χ1) is 11.4. The lowest BCUT2D eigenvalue weighted by molar-refractivity contribution is -0.137. The Bertz CT molecular complexity index is 658. The Morgan fingerprint density at radius 1 is 1.04 bits per heavy atom. The van der Waals surface area contributed by atoms with Crippen molar-refractivity contribution in [2.45, 2.75) is 18.7 Å². The molecule has 0 bridgehead atoms. The van der Waals surface area contributed by atoms with Gasteiger partial charge in [0.15, 0.2) is 0 Å². The van der Waals surface area contributed by atoms with Crippen molar-refractivity contribution in [3.8, 4) is 0 Å². The van der Waals surface area contributed by atoms with Crippen molar-refractivity contribution in [2.75, 3.05) is 11.9 Å². The van der Waals surface area contributed by atoms with E-state index in [4.69, 9.17) is 0 Å². The van der Waals surface area contributed by atoms with Crippen molar-refractivity contribution < 1.29 is 23.1 Å². The molecule has 0 heterocycles. The first-order valence-corrected chi connectivity index (χ1v) is 7.31. The predicted octanol–water partition coefficient (Wildman–Crippen LogP) is 3.95. The van der Waals surface area contributed by atoms with E-state index in [2.05, 4.69) is 10.6 Å². The van der Waals surface area contributed by atoms with Gasteiger partial charge in [-0.05, 0) is 36.2 Å². The second-order valence-corrected chi connectivity index (χ2v) is 5.17. The molecule has 0 radical (unpaired) electrons. The molecule has 2 aromatic rings. The smallest absolute Gasteiger partial charge is 0.388 e. The third kappa shape index (κ3) is 5.27. The Kier molecular flexibility index (Phi) is 5.81. The van der Waals surface area contributed by atoms with Crippen LogP contribution in [0.5, 0.6) is 0 Å². The van der Waals surface area contributed by atoms with Crippen LogP contribution in [0.1, 0.15) is 23.7 Å². The van der Waals surface area contributed by atoms with Gasteiger partial charge in [0.2, 0.25) is 0 Å². The van der Waals surface area contributed by atoms with Crippen molar-refractivity contribution in [2.24, 2.45) is 0 Å². The van der Waals surface area contributed by atoms with E-state index in [0.29, 0.717) is 6.42 Å². The highest BCUT2D eigenvalue weighted by Gasteiger charge is 2.29. The monoisotopic (exact) mass is 338 g/mol. The maximum absolute atomic E-state index is 12.4.